The fraction of sp³-hybridized carbons (Fsp3) is 0.364. The highest BCUT2D eigenvalue weighted by atomic mass is 16.5. The van der Waals surface area contributed by atoms with Gasteiger partial charge in [-0.1, -0.05) is 30.3 Å². The van der Waals surface area contributed by atoms with E-state index in [9.17, 15) is 9.59 Å². The standard InChI is InChI=1S/C22H24N2O3/c1-27-18-9-5-8-16(12-18)19-13-24(22(26)15-6-3-2-4-7-15)14-20(19)21(25)23-17-10-11-17/h2-9,12,17,19-20H,10-11,13-14H2,1H3,(H,23,25). The number of carbonyl (C=O) groups is 2. The number of ether oxygens (including phenoxy) is 1. The van der Waals surface area contributed by atoms with Gasteiger partial charge in [-0.05, 0) is 42.7 Å². The molecule has 2 amide bonds. The van der Waals surface area contributed by atoms with Gasteiger partial charge in [-0.15, -0.1) is 0 Å². The summed E-state index contributed by atoms with van der Waals surface area (Å²) in [7, 11) is 1.64. The normalized spacial score (nSPS) is 21.7. The molecule has 2 fully saturated rings. The molecule has 2 unspecified atom stereocenters. The molecular weight excluding hydrogens is 340 g/mol. The average Bonchev–Trinajstić information content (AvgIpc) is 3.41. The molecule has 0 radical (unpaired) electrons. The van der Waals surface area contributed by atoms with Gasteiger partial charge < -0.3 is 15.0 Å². The molecule has 1 aliphatic carbocycles. The van der Waals surface area contributed by atoms with Gasteiger partial charge in [-0.3, -0.25) is 9.59 Å². The molecule has 5 nitrogen and oxygen atoms in total. The maximum Gasteiger partial charge on any atom is 0.253 e. The van der Waals surface area contributed by atoms with E-state index in [1.54, 1.807) is 12.0 Å². The number of hydrogen-bond donors (Lipinski definition) is 1. The summed E-state index contributed by atoms with van der Waals surface area (Å²) in [5.41, 5.74) is 1.69. The lowest BCUT2D eigenvalue weighted by atomic mass is 9.88. The molecule has 0 aromatic heterocycles. The Kier molecular flexibility index (Phi) is 4.84. The van der Waals surface area contributed by atoms with Crippen LogP contribution in [0, 0.1) is 5.92 Å². The number of hydrogen-bond acceptors (Lipinski definition) is 3. The number of benzene rings is 2. The van der Waals surface area contributed by atoms with Gasteiger partial charge >= 0.3 is 0 Å². The molecule has 27 heavy (non-hydrogen) atoms. The Morgan fingerprint density at radius 3 is 2.52 bits per heavy atom. The van der Waals surface area contributed by atoms with Crippen LogP contribution in [-0.4, -0.2) is 43.0 Å². The zero-order chi connectivity index (χ0) is 18.8. The van der Waals surface area contributed by atoms with E-state index in [0.29, 0.717) is 24.7 Å². The van der Waals surface area contributed by atoms with Crippen molar-refractivity contribution in [2.24, 2.45) is 5.92 Å². The lowest BCUT2D eigenvalue weighted by molar-refractivity contribution is -0.125. The topological polar surface area (TPSA) is 58.6 Å². The summed E-state index contributed by atoms with van der Waals surface area (Å²) in [4.78, 5) is 27.6. The van der Waals surface area contributed by atoms with E-state index < -0.39 is 0 Å². The maximum atomic E-state index is 12.9. The molecule has 2 aromatic carbocycles. The number of nitrogens with zero attached hydrogens (tertiary/aromatic N) is 1. The van der Waals surface area contributed by atoms with Crippen molar-refractivity contribution >= 4 is 11.8 Å². The van der Waals surface area contributed by atoms with Gasteiger partial charge in [0.05, 0.1) is 13.0 Å². The number of carbonyl (C=O) groups excluding carboxylic acids is 2. The Balaban J connectivity index is 1.59. The van der Waals surface area contributed by atoms with E-state index in [2.05, 4.69) is 5.32 Å². The molecule has 2 atom stereocenters. The smallest absolute Gasteiger partial charge is 0.253 e. The number of amides is 2. The summed E-state index contributed by atoms with van der Waals surface area (Å²) in [6.45, 7) is 0.970. The number of methoxy groups -OCH3 is 1. The van der Waals surface area contributed by atoms with Gasteiger partial charge in [0.1, 0.15) is 5.75 Å². The first-order valence-electron chi connectivity index (χ1n) is 9.44. The average molecular weight is 364 g/mol. The minimum Gasteiger partial charge on any atom is -0.497 e. The first-order chi connectivity index (χ1) is 13.2. The number of nitrogens with one attached hydrogen (secondary N) is 1. The van der Waals surface area contributed by atoms with E-state index >= 15 is 0 Å². The largest absolute Gasteiger partial charge is 0.497 e. The van der Waals surface area contributed by atoms with Crippen LogP contribution in [0.2, 0.25) is 0 Å². The molecule has 0 bridgehead atoms. The minimum absolute atomic E-state index is 0.0229. The summed E-state index contributed by atoms with van der Waals surface area (Å²) < 4.78 is 5.35. The maximum absolute atomic E-state index is 12.9. The molecule has 1 heterocycles. The van der Waals surface area contributed by atoms with Gasteiger partial charge in [-0.2, -0.15) is 0 Å². The zero-order valence-corrected chi connectivity index (χ0v) is 15.4. The molecule has 0 spiro atoms. The summed E-state index contributed by atoms with van der Waals surface area (Å²) in [6.07, 6.45) is 2.10. The number of rotatable bonds is 5. The fourth-order valence-electron chi connectivity index (χ4n) is 3.74. The summed E-state index contributed by atoms with van der Waals surface area (Å²) in [5, 5.41) is 3.12. The number of likely N-dealkylation sites (tertiary alicyclic amines) is 1. The monoisotopic (exact) mass is 364 g/mol. The second-order valence-corrected chi connectivity index (χ2v) is 7.35. The van der Waals surface area contributed by atoms with Gasteiger partial charge in [0, 0.05) is 30.6 Å². The van der Waals surface area contributed by atoms with Crippen LogP contribution in [0.4, 0.5) is 0 Å². The molecule has 1 aliphatic heterocycles. The first kappa shape index (κ1) is 17.6. The highest BCUT2D eigenvalue weighted by molar-refractivity contribution is 5.95. The molecule has 1 saturated heterocycles. The summed E-state index contributed by atoms with van der Waals surface area (Å²) >= 11 is 0. The third-order valence-electron chi connectivity index (χ3n) is 5.41. The third kappa shape index (κ3) is 3.82. The Labute approximate surface area is 159 Å². The Morgan fingerprint density at radius 1 is 1.04 bits per heavy atom. The quantitative estimate of drug-likeness (QED) is 0.888. The van der Waals surface area contributed by atoms with Crippen molar-refractivity contribution in [1.82, 2.24) is 10.2 Å². The van der Waals surface area contributed by atoms with Crippen molar-refractivity contribution in [1.29, 1.82) is 0 Å². The van der Waals surface area contributed by atoms with Crippen LogP contribution in [0.5, 0.6) is 5.75 Å². The fourth-order valence-corrected chi connectivity index (χ4v) is 3.74. The first-order valence-corrected chi connectivity index (χ1v) is 9.44. The van der Waals surface area contributed by atoms with Crippen molar-refractivity contribution < 1.29 is 14.3 Å². The van der Waals surface area contributed by atoms with Crippen LogP contribution in [-0.2, 0) is 4.79 Å². The third-order valence-corrected chi connectivity index (χ3v) is 5.41. The highest BCUT2D eigenvalue weighted by Crippen LogP contribution is 2.35. The van der Waals surface area contributed by atoms with Crippen molar-refractivity contribution in [3.05, 3.63) is 65.7 Å². The lowest BCUT2D eigenvalue weighted by Gasteiger charge is -2.18. The van der Waals surface area contributed by atoms with Gasteiger partial charge in [0.15, 0.2) is 0 Å². The predicted octanol–water partition coefficient (Wildman–Crippen LogP) is 2.83. The van der Waals surface area contributed by atoms with E-state index in [4.69, 9.17) is 4.74 Å². The Bertz CT molecular complexity index is 832. The van der Waals surface area contributed by atoms with Gasteiger partial charge in [-0.25, -0.2) is 0 Å². The van der Waals surface area contributed by atoms with Crippen LogP contribution >= 0.6 is 0 Å². The highest BCUT2D eigenvalue weighted by Gasteiger charge is 2.41. The van der Waals surface area contributed by atoms with E-state index in [-0.39, 0.29) is 23.7 Å². The Hall–Kier alpha value is -2.82. The molecule has 2 aromatic rings. The van der Waals surface area contributed by atoms with Crippen LogP contribution in [0.1, 0.15) is 34.7 Å². The van der Waals surface area contributed by atoms with Crippen LogP contribution < -0.4 is 10.1 Å². The van der Waals surface area contributed by atoms with E-state index in [0.717, 1.165) is 24.2 Å². The van der Waals surface area contributed by atoms with Crippen molar-refractivity contribution in [3.8, 4) is 5.75 Å². The minimum atomic E-state index is -0.245. The molecule has 1 N–H and O–H groups in total. The predicted molar refractivity (Wildman–Crippen MR) is 103 cm³/mol. The van der Waals surface area contributed by atoms with Crippen molar-refractivity contribution in [3.63, 3.8) is 0 Å². The molecule has 140 valence electrons. The zero-order valence-electron chi connectivity index (χ0n) is 15.4. The second kappa shape index (κ2) is 7.43. The molecule has 4 rings (SSSR count). The van der Waals surface area contributed by atoms with E-state index in [1.165, 1.54) is 0 Å². The van der Waals surface area contributed by atoms with Crippen molar-refractivity contribution in [2.45, 2.75) is 24.8 Å². The molecule has 1 saturated carbocycles. The SMILES string of the molecule is COc1cccc(C2CN(C(=O)c3ccccc3)CC2C(=O)NC2CC2)c1. The molecule has 5 heteroatoms. The van der Waals surface area contributed by atoms with Crippen LogP contribution in [0.15, 0.2) is 54.6 Å². The second-order valence-electron chi connectivity index (χ2n) is 7.35. The van der Waals surface area contributed by atoms with Crippen LogP contribution in [0.25, 0.3) is 0 Å². The Morgan fingerprint density at radius 2 is 1.81 bits per heavy atom. The van der Waals surface area contributed by atoms with Crippen LogP contribution in [0.3, 0.4) is 0 Å². The lowest BCUT2D eigenvalue weighted by Crippen LogP contribution is -2.36. The summed E-state index contributed by atoms with van der Waals surface area (Å²) in [5.74, 6) is 0.512. The summed E-state index contributed by atoms with van der Waals surface area (Å²) in [6, 6.07) is 17.4. The van der Waals surface area contributed by atoms with Gasteiger partial charge in [0.25, 0.3) is 5.91 Å². The van der Waals surface area contributed by atoms with Gasteiger partial charge in [0.2, 0.25) is 5.91 Å². The molecule has 2 aliphatic rings. The molecular formula is C22H24N2O3. The van der Waals surface area contributed by atoms with Crippen molar-refractivity contribution in [2.75, 3.05) is 20.2 Å². The van der Waals surface area contributed by atoms with E-state index in [1.807, 2.05) is 54.6 Å².